The Hall–Kier alpha value is -0.910. The van der Waals surface area contributed by atoms with E-state index in [1.165, 1.54) is 0 Å². The molecule has 0 bridgehead atoms. The number of aryl methyl sites for hydroxylation is 1. The van der Waals surface area contributed by atoms with Gasteiger partial charge in [0.2, 0.25) is 10.0 Å². The van der Waals surface area contributed by atoms with E-state index in [-0.39, 0.29) is 5.75 Å². The number of rotatable bonds is 8. The van der Waals surface area contributed by atoms with Crippen LogP contribution in [0.3, 0.4) is 0 Å². The molecule has 0 saturated heterocycles. The molecule has 0 aliphatic rings. The Balaban J connectivity index is 2.40. The Morgan fingerprint density at radius 3 is 2.61 bits per heavy atom. The zero-order chi connectivity index (χ0) is 13.4. The number of hydrogen-bond donors (Lipinski definition) is 2. The summed E-state index contributed by atoms with van der Waals surface area (Å²) in [4.78, 5) is 0. The van der Waals surface area contributed by atoms with Gasteiger partial charge in [0, 0.05) is 13.1 Å². The van der Waals surface area contributed by atoms with Crippen LogP contribution in [0.4, 0.5) is 0 Å². The molecule has 102 valence electrons. The van der Waals surface area contributed by atoms with Crippen molar-refractivity contribution in [2.45, 2.75) is 26.0 Å². The van der Waals surface area contributed by atoms with Crippen molar-refractivity contribution in [1.29, 1.82) is 0 Å². The molecule has 0 aromatic heterocycles. The van der Waals surface area contributed by atoms with Gasteiger partial charge in [-0.2, -0.15) is 0 Å². The van der Waals surface area contributed by atoms with Crippen LogP contribution in [0.2, 0.25) is 0 Å². The van der Waals surface area contributed by atoms with Gasteiger partial charge in [0.25, 0.3) is 0 Å². The number of sulfonamides is 1. The predicted molar refractivity (Wildman–Crippen MR) is 75.0 cm³/mol. The fraction of sp³-hybridized carbons (Fsp3) is 0.538. The smallest absolute Gasteiger partial charge is 0.215 e. The largest absolute Gasteiger partial charge is 0.315 e. The van der Waals surface area contributed by atoms with Gasteiger partial charge in [-0.15, -0.1) is 0 Å². The van der Waals surface area contributed by atoms with Crippen LogP contribution in [-0.2, 0) is 15.8 Å². The Morgan fingerprint density at radius 1 is 1.17 bits per heavy atom. The van der Waals surface area contributed by atoms with Crippen molar-refractivity contribution in [2.24, 2.45) is 0 Å². The average Bonchev–Trinajstić information content (AvgIpc) is 2.28. The minimum absolute atomic E-state index is 0.0441. The molecular formula is C13H22N2O2S. The Kier molecular flexibility index (Phi) is 6.32. The summed E-state index contributed by atoms with van der Waals surface area (Å²) < 4.78 is 26.2. The van der Waals surface area contributed by atoms with Crippen molar-refractivity contribution in [3.05, 3.63) is 35.4 Å². The van der Waals surface area contributed by atoms with E-state index in [0.717, 1.165) is 24.1 Å². The first-order chi connectivity index (χ1) is 8.53. The van der Waals surface area contributed by atoms with Crippen LogP contribution < -0.4 is 10.0 Å². The van der Waals surface area contributed by atoms with Gasteiger partial charge in [-0.3, -0.25) is 0 Å². The summed E-state index contributed by atoms with van der Waals surface area (Å²) in [5.74, 6) is 0.0441. The third-order valence-corrected chi connectivity index (χ3v) is 3.85. The third kappa shape index (κ3) is 6.14. The maximum Gasteiger partial charge on any atom is 0.215 e. The third-order valence-electron chi connectivity index (χ3n) is 2.49. The molecule has 0 atom stereocenters. The summed E-state index contributed by atoms with van der Waals surface area (Å²) in [6.07, 6.45) is 1.05. The Morgan fingerprint density at radius 2 is 1.94 bits per heavy atom. The van der Waals surface area contributed by atoms with E-state index >= 15 is 0 Å². The van der Waals surface area contributed by atoms with E-state index in [4.69, 9.17) is 0 Å². The highest BCUT2D eigenvalue weighted by Crippen LogP contribution is 2.07. The molecule has 0 unspecified atom stereocenters. The quantitative estimate of drug-likeness (QED) is 0.702. The topological polar surface area (TPSA) is 58.2 Å². The van der Waals surface area contributed by atoms with Crippen molar-refractivity contribution in [3.63, 3.8) is 0 Å². The van der Waals surface area contributed by atoms with Crippen molar-refractivity contribution in [2.75, 3.05) is 19.6 Å². The Bertz CT molecular complexity index is 458. The molecular weight excluding hydrogens is 248 g/mol. The summed E-state index contributed by atoms with van der Waals surface area (Å²) in [5, 5.41) is 3.15. The molecule has 0 amide bonds. The molecule has 0 fully saturated rings. The minimum atomic E-state index is -3.23. The van der Waals surface area contributed by atoms with Gasteiger partial charge in [0.15, 0.2) is 0 Å². The van der Waals surface area contributed by atoms with Crippen LogP contribution in [0.15, 0.2) is 24.3 Å². The highest BCUT2D eigenvalue weighted by Gasteiger charge is 2.10. The predicted octanol–water partition coefficient (Wildman–Crippen LogP) is 1.41. The van der Waals surface area contributed by atoms with E-state index < -0.39 is 10.0 Å². The van der Waals surface area contributed by atoms with Crippen molar-refractivity contribution in [1.82, 2.24) is 10.0 Å². The van der Waals surface area contributed by atoms with Crippen LogP contribution >= 0.6 is 0 Å². The summed E-state index contributed by atoms with van der Waals surface area (Å²) >= 11 is 0. The van der Waals surface area contributed by atoms with Gasteiger partial charge in [0.05, 0.1) is 5.75 Å². The van der Waals surface area contributed by atoms with Gasteiger partial charge >= 0.3 is 0 Å². The van der Waals surface area contributed by atoms with Crippen LogP contribution in [0, 0.1) is 6.92 Å². The number of hydrogen-bond acceptors (Lipinski definition) is 3. The van der Waals surface area contributed by atoms with E-state index in [9.17, 15) is 8.42 Å². The van der Waals surface area contributed by atoms with Crippen LogP contribution in [0.25, 0.3) is 0 Å². The molecule has 1 aromatic rings. The van der Waals surface area contributed by atoms with Crippen molar-refractivity contribution in [3.8, 4) is 0 Å². The first kappa shape index (κ1) is 15.1. The molecule has 0 spiro atoms. The van der Waals surface area contributed by atoms with Gasteiger partial charge < -0.3 is 5.32 Å². The fourth-order valence-corrected chi connectivity index (χ4v) is 2.80. The second kappa shape index (κ2) is 7.51. The standard InChI is InChI=1S/C13H22N2O2S/c1-3-7-14-8-9-15-18(16,17)11-13-6-4-5-12(2)10-13/h4-6,10,14-15H,3,7-9,11H2,1-2H3. The van der Waals surface area contributed by atoms with Gasteiger partial charge in [-0.1, -0.05) is 36.8 Å². The minimum Gasteiger partial charge on any atom is -0.315 e. The maximum absolute atomic E-state index is 11.8. The normalized spacial score (nSPS) is 11.7. The SMILES string of the molecule is CCCNCCNS(=O)(=O)Cc1cccc(C)c1. The second-order valence-electron chi connectivity index (χ2n) is 4.39. The fourth-order valence-electron chi connectivity index (χ4n) is 1.67. The highest BCUT2D eigenvalue weighted by atomic mass is 32.2. The van der Waals surface area contributed by atoms with Crippen LogP contribution in [0.5, 0.6) is 0 Å². The molecule has 5 heteroatoms. The van der Waals surface area contributed by atoms with E-state index in [1.807, 2.05) is 31.2 Å². The average molecular weight is 270 g/mol. The molecule has 2 N–H and O–H groups in total. The van der Waals surface area contributed by atoms with Gasteiger partial charge in [0.1, 0.15) is 0 Å². The van der Waals surface area contributed by atoms with Gasteiger partial charge in [-0.05, 0) is 25.5 Å². The van der Waals surface area contributed by atoms with Crippen molar-refractivity contribution >= 4 is 10.0 Å². The lowest BCUT2D eigenvalue weighted by Gasteiger charge is -2.08. The number of nitrogens with one attached hydrogen (secondary N) is 2. The van der Waals surface area contributed by atoms with E-state index in [0.29, 0.717) is 13.1 Å². The second-order valence-corrected chi connectivity index (χ2v) is 6.20. The van der Waals surface area contributed by atoms with E-state index in [2.05, 4.69) is 17.0 Å². The lowest BCUT2D eigenvalue weighted by Crippen LogP contribution is -2.32. The molecule has 0 radical (unpaired) electrons. The molecule has 1 rings (SSSR count). The molecule has 0 aliphatic carbocycles. The summed E-state index contributed by atoms with van der Waals surface area (Å²) in [7, 11) is -3.23. The molecule has 0 heterocycles. The monoisotopic (exact) mass is 270 g/mol. The maximum atomic E-state index is 11.8. The highest BCUT2D eigenvalue weighted by molar-refractivity contribution is 7.88. The zero-order valence-corrected chi connectivity index (χ0v) is 11.9. The summed E-state index contributed by atoms with van der Waals surface area (Å²) in [6.45, 7) is 6.06. The Labute approximate surface area is 110 Å². The first-order valence-corrected chi connectivity index (χ1v) is 7.92. The lowest BCUT2D eigenvalue weighted by molar-refractivity contribution is 0.574. The molecule has 0 saturated carbocycles. The zero-order valence-electron chi connectivity index (χ0n) is 11.1. The molecule has 4 nitrogen and oxygen atoms in total. The number of benzene rings is 1. The molecule has 1 aromatic carbocycles. The van der Waals surface area contributed by atoms with Crippen molar-refractivity contribution < 1.29 is 8.42 Å². The first-order valence-electron chi connectivity index (χ1n) is 6.27. The summed E-state index contributed by atoms with van der Waals surface area (Å²) in [6, 6.07) is 7.57. The van der Waals surface area contributed by atoms with E-state index in [1.54, 1.807) is 0 Å². The summed E-state index contributed by atoms with van der Waals surface area (Å²) in [5.41, 5.74) is 1.90. The lowest BCUT2D eigenvalue weighted by atomic mass is 10.2. The molecule has 18 heavy (non-hydrogen) atoms. The molecule has 0 aliphatic heterocycles. The van der Waals surface area contributed by atoms with Crippen LogP contribution in [-0.4, -0.2) is 28.1 Å². The van der Waals surface area contributed by atoms with Crippen LogP contribution in [0.1, 0.15) is 24.5 Å². The van der Waals surface area contributed by atoms with Gasteiger partial charge in [-0.25, -0.2) is 13.1 Å².